The molecule has 1 aliphatic carbocycles. The summed E-state index contributed by atoms with van der Waals surface area (Å²) in [5, 5.41) is 17.3. The van der Waals surface area contributed by atoms with Crippen molar-refractivity contribution in [2.75, 3.05) is 6.54 Å². The molecule has 0 spiro atoms. The molecule has 1 aromatic rings. The summed E-state index contributed by atoms with van der Waals surface area (Å²) in [5.41, 5.74) is 1.04. The first-order valence-corrected chi connectivity index (χ1v) is 7.58. The quantitative estimate of drug-likeness (QED) is 0.181. The number of halogens is 1. The topological polar surface area (TPSA) is 79.6 Å². The summed E-state index contributed by atoms with van der Waals surface area (Å²) in [4.78, 5) is 14.8. The Labute approximate surface area is 153 Å². The van der Waals surface area contributed by atoms with Crippen molar-refractivity contribution in [3.63, 3.8) is 0 Å². The molecule has 1 aromatic carbocycles. The minimum Gasteiger partial charge on any atom is -0.354 e. The zero-order chi connectivity index (χ0) is 15.8. The van der Waals surface area contributed by atoms with Crippen molar-refractivity contribution in [3.8, 4) is 0 Å². The number of non-ortho nitro benzene ring substituents is 1. The Morgan fingerprint density at radius 3 is 2.57 bits per heavy atom. The molecule has 0 aliphatic heterocycles. The van der Waals surface area contributed by atoms with E-state index in [0.29, 0.717) is 19.1 Å². The predicted octanol–water partition coefficient (Wildman–Crippen LogP) is 3.38. The van der Waals surface area contributed by atoms with Gasteiger partial charge in [-0.05, 0) is 18.4 Å². The van der Waals surface area contributed by atoms with Crippen LogP contribution in [0.15, 0.2) is 41.9 Å². The number of rotatable bonds is 6. The van der Waals surface area contributed by atoms with Gasteiger partial charge >= 0.3 is 0 Å². The van der Waals surface area contributed by atoms with E-state index < -0.39 is 4.92 Å². The van der Waals surface area contributed by atoms with E-state index in [1.807, 2.05) is 0 Å². The average Bonchev–Trinajstić information content (AvgIpc) is 3.03. The SMILES string of the molecule is C=CCNC(=NCc1ccc([N+](=O)[O-])cc1)NC1CCCC1.I. The second-order valence-corrected chi connectivity index (χ2v) is 5.38. The standard InChI is InChI=1S/C16H22N4O2.HI/c1-2-11-17-16(19-14-5-3-4-6-14)18-12-13-7-9-15(10-8-13)20(21)22;/h2,7-10,14H,1,3-6,11-12H2,(H2,17,18,19);1H. The van der Waals surface area contributed by atoms with Crippen LogP contribution in [0.1, 0.15) is 31.2 Å². The van der Waals surface area contributed by atoms with Crippen molar-refractivity contribution in [2.45, 2.75) is 38.3 Å². The van der Waals surface area contributed by atoms with Gasteiger partial charge in [0.05, 0.1) is 11.5 Å². The molecule has 2 N–H and O–H groups in total. The van der Waals surface area contributed by atoms with E-state index in [1.165, 1.54) is 37.8 Å². The number of nitro benzene ring substituents is 1. The summed E-state index contributed by atoms with van der Waals surface area (Å²) in [6.07, 6.45) is 6.65. The molecule has 0 bridgehead atoms. The lowest BCUT2D eigenvalue weighted by Crippen LogP contribution is -2.42. The van der Waals surface area contributed by atoms with E-state index in [1.54, 1.807) is 18.2 Å². The van der Waals surface area contributed by atoms with Gasteiger partial charge in [-0.1, -0.05) is 31.1 Å². The van der Waals surface area contributed by atoms with Gasteiger partial charge < -0.3 is 10.6 Å². The summed E-state index contributed by atoms with van der Waals surface area (Å²) in [7, 11) is 0. The Bertz CT molecular complexity index is 540. The lowest BCUT2D eigenvalue weighted by molar-refractivity contribution is -0.384. The molecule has 23 heavy (non-hydrogen) atoms. The third kappa shape index (κ3) is 6.55. The first-order chi connectivity index (χ1) is 10.7. The third-order valence-corrected chi connectivity index (χ3v) is 3.68. The molecule has 2 rings (SSSR count). The van der Waals surface area contributed by atoms with Crippen LogP contribution >= 0.6 is 24.0 Å². The Morgan fingerprint density at radius 1 is 1.35 bits per heavy atom. The maximum absolute atomic E-state index is 10.6. The number of aliphatic imine (C=N–C) groups is 1. The largest absolute Gasteiger partial charge is 0.354 e. The number of nitrogens with zero attached hydrogens (tertiary/aromatic N) is 2. The van der Waals surface area contributed by atoms with Gasteiger partial charge in [0.25, 0.3) is 5.69 Å². The van der Waals surface area contributed by atoms with E-state index in [9.17, 15) is 10.1 Å². The summed E-state index contributed by atoms with van der Waals surface area (Å²) in [6.45, 7) is 4.83. The Morgan fingerprint density at radius 2 is 2.00 bits per heavy atom. The van der Waals surface area contributed by atoms with E-state index in [-0.39, 0.29) is 29.7 Å². The Balaban J connectivity index is 0.00000264. The Hall–Kier alpha value is -1.64. The van der Waals surface area contributed by atoms with Gasteiger partial charge in [-0.3, -0.25) is 10.1 Å². The molecule has 1 saturated carbocycles. The summed E-state index contributed by atoms with van der Waals surface area (Å²) < 4.78 is 0. The van der Waals surface area contributed by atoms with Gasteiger partial charge in [-0.15, -0.1) is 30.6 Å². The smallest absolute Gasteiger partial charge is 0.269 e. The fraction of sp³-hybridized carbons (Fsp3) is 0.438. The van der Waals surface area contributed by atoms with Crippen LogP contribution in [0.2, 0.25) is 0 Å². The number of guanidine groups is 1. The molecule has 0 amide bonds. The van der Waals surface area contributed by atoms with Crippen molar-refractivity contribution in [3.05, 3.63) is 52.6 Å². The molecule has 0 unspecified atom stereocenters. The molecule has 6 nitrogen and oxygen atoms in total. The van der Waals surface area contributed by atoms with Crippen LogP contribution in [-0.2, 0) is 6.54 Å². The van der Waals surface area contributed by atoms with Crippen LogP contribution in [0.3, 0.4) is 0 Å². The lowest BCUT2D eigenvalue weighted by Gasteiger charge is -2.16. The number of nitro groups is 1. The minimum absolute atomic E-state index is 0. The highest BCUT2D eigenvalue weighted by Crippen LogP contribution is 2.17. The van der Waals surface area contributed by atoms with Crippen LogP contribution < -0.4 is 10.6 Å². The van der Waals surface area contributed by atoms with Crippen molar-refractivity contribution < 1.29 is 4.92 Å². The fourth-order valence-electron chi connectivity index (χ4n) is 2.48. The predicted molar refractivity (Wildman–Crippen MR) is 103 cm³/mol. The van der Waals surface area contributed by atoms with Crippen molar-refractivity contribution >= 4 is 35.6 Å². The highest BCUT2D eigenvalue weighted by Gasteiger charge is 2.15. The van der Waals surface area contributed by atoms with Crippen LogP contribution in [-0.4, -0.2) is 23.5 Å². The van der Waals surface area contributed by atoms with Crippen molar-refractivity contribution in [1.82, 2.24) is 10.6 Å². The summed E-state index contributed by atoms with van der Waals surface area (Å²) >= 11 is 0. The average molecular weight is 430 g/mol. The molecule has 0 saturated heterocycles. The van der Waals surface area contributed by atoms with Crippen LogP contribution in [0, 0.1) is 10.1 Å². The van der Waals surface area contributed by atoms with Gasteiger partial charge in [0.15, 0.2) is 5.96 Å². The molecule has 0 radical (unpaired) electrons. The molecular formula is C16H23IN4O2. The third-order valence-electron chi connectivity index (χ3n) is 3.68. The minimum atomic E-state index is -0.397. The zero-order valence-electron chi connectivity index (χ0n) is 13.0. The molecule has 1 fully saturated rings. The van der Waals surface area contributed by atoms with Crippen molar-refractivity contribution in [2.24, 2.45) is 4.99 Å². The monoisotopic (exact) mass is 430 g/mol. The van der Waals surface area contributed by atoms with E-state index >= 15 is 0 Å². The lowest BCUT2D eigenvalue weighted by atomic mass is 10.2. The molecule has 0 aromatic heterocycles. The second-order valence-electron chi connectivity index (χ2n) is 5.38. The molecule has 0 heterocycles. The normalized spacial score (nSPS) is 14.9. The zero-order valence-corrected chi connectivity index (χ0v) is 15.4. The first kappa shape index (κ1) is 19.4. The highest BCUT2D eigenvalue weighted by atomic mass is 127. The molecule has 1 aliphatic rings. The highest BCUT2D eigenvalue weighted by molar-refractivity contribution is 14.0. The fourth-order valence-corrected chi connectivity index (χ4v) is 2.48. The van der Waals surface area contributed by atoms with Gasteiger partial charge in [0.1, 0.15) is 0 Å². The summed E-state index contributed by atoms with van der Waals surface area (Å²) in [5.74, 6) is 0.769. The van der Waals surface area contributed by atoms with Gasteiger partial charge in [-0.25, -0.2) is 4.99 Å². The molecule has 126 valence electrons. The number of benzene rings is 1. The maximum atomic E-state index is 10.6. The number of hydrogen-bond donors (Lipinski definition) is 2. The second kappa shape index (κ2) is 10.2. The van der Waals surface area contributed by atoms with Gasteiger partial charge in [-0.2, -0.15) is 0 Å². The first-order valence-electron chi connectivity index (χ1n) is 7.58. The van der Waals surface area contributed by atoms with Crippen molar-refractivity contribution in [1.29, 1.82) is 0 Å². The van der Waals surface area contributed by atoms with E-state index in [4.69, 9.17) is 0 Å². The number of nitrogens with one attached hydrogen (secondary N) is 2. The van der Waals surface area contributed by atoms with Crippen LogP contribution in [0.5, 0.6) is 0 Å². The van der Waals surface area contributed by atoms with Gasteiger partial charge in [0, 0.05) is 24.7 Å². The van der Waals surface area contributed by atoms with Crippen LogP contribution in [0.25, 0.3) is 0 Å². The van der Waals surface area contributed by atoms with Crippen LogP contribution in [0.4, 0.5) is 5.69 Å². The maximum Gasteiger partial charge on any atom is 0.269 e. The molecule has 0 atom stereocenters. The number of hydrogen-bond acceptors (Lipinski definition) is 3. The van der Waals surface area contributed by atoms with E-state index in [2.05, 4.69) is 22.2 Å². The van der Waals surface area contributed by atoms with Gasteiger partial charge in [0.2, 0.25) is 0 Å². The molecular weight excluding hydrogens is 407 g/mol. The summed E-state index contributed by atoms with van der Waals surface area (Å²) in [6, 6.07) is 6.97. The van der Waals surface area contributed by atoms with E-state index in [0.717, 1.165) is 11.5 Å². The molecule has 7 heteroatoms. The Kier molecular flexibility index (Phi) is 8.60.